The molecule has 0 aliphatic carbocycles. The van der Waals surface area contributed by atoms with Gasteiger partial charge in [0.25, 0.3) is 0 Å². The SMILES string of the molecule is Cc1cc(C)c(S(=O)(=O)NC(CNc2ccccc2Cl)C(F)(F)F)c(C)c1. The second-order valence-corrected chi connectivity index (χ2v) is 8.36. The van der Waals surface area contributed by atoms with Gasteiger partial charge in [-0.15, -0.1) is 0 Å². The van der Waals surface area contributed by atoms with Gasteiger partial charge < -0.3 is 5.32 Å². The quantitative estimate of drug-likeness (QED) is 0.718. The number of benzene rings is 2. The molecule has 2 rings (SSSR count). The molecule has 0 aliphatic rings. The first-order valence-corrected chi connectivity index (χ1v) is 9.93. The first kappa shape index (κ1) is 21.5. The average molecular weight is 421 g/mol. The van der Waals surface area contributed by atoms with Crippen LogP contribution in [-0.4, -0.2) is 27.2 Å². The summed E-state index contributed by atoms with van der Waals surface area (Å²) in [4.78, 5) is -0.139. The van der Waals surface area contributed by atoms with Crippen LogP contribution in [0.2, 0.25) is 5.02 Å². The molecule has 0 fully saturated rings. The summed E-state index contributed by atoms with van der Waals surface area (Å²) in [6.45, 7) is 4.20. The number of hydrogen-bond acceptors (Lipinski definition) is 3. The summed E-state index contributed by atoms with van der Waals surface area (Å²) in [7, 11) is -4.38. The van der Waals surface area contributed by atoms with Gasteiger partial charge in [-0.1, -0.05) is 41.4 Å². The number of aryl methyl sites for hydroxylation is 3. The smallest absolute Gasteiger partial charge is 0.382 e. The van der Waals surface area contributed by atoms with E-state index in [2.05, 4.69) is 5.32 Å². The lowest BCUT2D eigenvalue weighted by molar-refractivity contribution is -0.148. The number of para-hydroxylation sites is 1. The van der Waals surface area contributed by atoms with Crippen molar-refractivity contribution < 1.29 is 21.6 Å². The molecular weight excluding hydrogens is 401 g/mol. The monoisotopic (exact) mass is 420 g/mol. The highest BCUT2D eigenvalue weighted by Gasteiger charge is 2.42. The van der Waals surface area contributed by atoms with E-state index in [9.17, 15) is 21.6 Å². The molecule has 0 amide bonds. The Kier molecular flexibility index (Phi) is 6.44. The highest BCUT2D eigenvalue weighted by molar-refractivity contribution is 7.89. The summed E-state index contributed by atoms with van der Waals surface area (Å²) in [5.41, 5.74) is 1.90. The summed E-state index contributed by atoms with van der Waals surface area (Å²) in [6.07, 6.45) is -4.78. The van der Waals surface area contributed by atoms with Crippen LogP contribution in [0.4, 0.5) is 18.9 Å². The van der Waals surface area contributed by atoms with Crippen LogP contribution in [0.1, 0.15) is 16.7 Å². The number of anilines is 1. The number of sulfonamides is 1. The van der Waals surface area contributed by atoms with Gasteiger partial charge in [-0.3, -0.25) is 0 Å². The van der Waals surface area contributed by atoms with Crippen LogP contribution in [0, 0.1) is 20.8 Å². The van der Waals surface area contributed by atoms with Gasteiger partial charge in [0.1, 0.15) is 6.04 Å². The van der Waals surface area contributed by atoms with Gasteiger partial charge in [0.05, 0.1) is 15.6 Å². The number of hydrogen-bond donors (Lipinski definition) is 2. The third-order valence-electron chi connectivity index (χ3n) is 3.94. The molecule has 2 N–H and O–H groups in total. The Labute approximate surface area is 161 Å². The van der Waals surface area contributed by atoms with E-state index in [1.165, 1.54) is 12.1 Å². The first-order chi connectivity index (χ1) is 12.4. The maximum atomic E-state index is 13.4. The van der Waals surface area contributed by atoms with Crippen LogP contribution < -0.4 is 10.0 Å². The van der Waals surface area contributed by atoms with Crippen molar-refractivity contribution in [1.29, 1.82) is 0 Å². The molecule has 0 heterocycles. The molecule has 0 aliphatic heterocycles. The van der Waals surface area contributed by atoms with E-state index in [1.807, 2.05) is 0 Å². The molecule has 9 heteroatoms. The molecule has 0 bridgehead atoms. The van der Waals surface area contributed by atoms with Gasteiger partial charge in [-0.25, -0.2) is 8.42 Å². The Morgan fingerprint density at radius 3 is 2.15 bits per heavy atom. The second kappa shape index (κ2) is 8.08. The molecule has 0 saturated heterocycles. The summed E-state index contributed by atoms with van der Waals surface area (Å²) in [5, 5.41) is 2.80. The highest BCUT2D eigenvalue weighted by atomic mass is 35.5. The predicted octanol–water partition coefficient (Wildman–Crippen LogP) is 4.59. The predicted molar refractivity (Wildman–Crippen MR) is 101 cm³/mol. The van der Waals surface area contributed by atoms with Crippen molar-refractivity contribution in [3.8, 4) is 0 Å². The van der Waals surface area contributed by atoms with Gasteiger partial charge in [0.2, 0.25) is 10.0 Å². The Balaban J connectivity index is 2.29. The Bertz CT molecular complexity index is 907. The van der Waals surface area contributed by atoms with E-state index >= 15 is 0 Å². The number of halogens is 4. The van der Waals surface area contributed by atoms with Crippen molar-refractivity contribution >= 4 is 27.3 Å². The molecule has 0 saturated carbocycles. The van der Waals surface area contributed by atoms with Gasteiger partial charge in [-0.05, 0) is 44.0 Å². The van der Waals surface area contributed by atoms with E-state index in [1.54, 1.807) is 49.8 Å². The molecule has 148 valence electrons. The Hall–Kier alpha value is -1.77. The fourth-order valence-corrected chi connectivity index (χ4v) is 4.76. The topological polar surface area (TPSA) is 58.2 Å². The van der Waals surface area contributed by atoms with Gasteiger partial charge >= 0.3 is 6.18 Å². The summed E-state index contributed by atoms with van der Waals surface area (Å²) >= 11 is 5.92. The molecule has 1 unspecified atom stereocenters. The normalized spacial score (nSPS) is 13.4. The molecule has 0 aromatic heterocycles. The number of nitrogens with one attached hydrogen (secondary N) is 2. The number of alkyl halides is 3. The van der Waals surface area contributed by atoms with Crippen molar-refractivity contribution in [1.82, 2.24) is 4.72 Å². The molecule has 27 heavy (non-hydrogen) atoms. The molecule has 2 aromatic rings. The van der Waals surface area contributed by atoms with E-state index in [4.69, 9.17) is 11.6 Å². The minimum absolute atomic E-state index is 0.139. The molecule has 1 atom stereocenters. The fraction of sp³-hybridized carbons (Fsp3) is 0.333. The molecular formula is C18H20ClF3N2O2S. The van der Waals surface area contributed by atoms with Crippen LogP contribution in [0.15, 0.2) is 41.3 Å². The lowest BCUT2D eigenvalue weighted by Gasteiger charge is -2.24. The maximum absolute atomic E-state index is 13.4. The highest BCUT2D eigenvalue weighted by Crippen LogP contribution is 2.27. The Morgan fingerprint density at radius 2 is 1.63 bits per heavy atom. The zero-order valence-corrected chi connectivity index (χ0v) is 16.6. The Morgan fingerprint density at radius 1 is 1.07 bits per heavy atom. The standard InChI is InChI=1S/C18H20ClF3N2O2S/c1-11-8-12(2)17(13(3)9-11)27(25,26)24-16(18(20,21)22)10-23-15-7-5-4-6-14(15)19/h4-9,16,23-24H,10H2,1-3H3. The summed E-state index contributed by atoms with van der Waals surface area (Å²) in [6, 6.07) is 7.20. The summed E-state index contributed by atoms with van der Waals surface area (Å²) < 4.78 is 67.4. The van der Waals surface area contributed by atoms with E-state index in [0.29, 0.717) is 11.1 Å². The lowest BCUT2D eigenvalue weighted by Crippen LogP contribution is -2.49. The fourth-order valence-electron chi connectivity index (χ4n) is 2.88. The molecule has 0 radical (unpaired) electrons. The average Bonchev–Trinajstić information content (AvgIpc) is 2.50. The van der Waals surface area contributed by atoms with Crippen molar-refractivity contribution in [2.75, 3.05) is 11.9 Å². The minimum Gasteiger partial charge on any atom is -0.382 e. The third-order valence-corrected chi connectivity index (χ3v) is 6.04. The van der Waals surface area contributed by atoms with Crippen molar-refractivity contribution in [3.05, 3.63) is 58.1 Å². The van der Waals surface area contributed by atoms with Gasteiger partial charge in [-0.2, -0.15) is 17.9 Å². The zero-order chi connectivity index (χ0) is 20.4. The van der Waals surface area contributed by atoms with Gasteiger partial charge in [0, 0.05) is 6.54 Å². The van der Waals surface area contributed by atoms with E-state index in [-0.39, 0.29) is 15.6 Å². The lowest BCUT2D eigenvalue weighted by atomic mass is 10.1. The van der Waals surface area contributed by atoms with Crippen LogP contribution in [-0.2, 0) is 10.0 Å². The van der Waals surface area contributed by atoms with Crippen LogP contribution in [0.5, 0.6) is 0 Å². The van der Waals surface area contributed by atoms with E-state index < -0.39 is 28.8 Å². The van der Waals surface area contributed by atoms with Gasteiger partial charge in [0.15, 0.2) is 0 Å². The van der Waals surface area contributed by atoms with Crippen molar-refractivity contribution in [2.24, 2.45) is 0 Å². The number of rotatable bonds is 6. The molecule has 2 aromatic carbocycles. The minimum atomic E-state index is -4.78. The van der Waals surface area contributed by atoms with Crippen molar-refractivity contribution in [2.45, 2.75) is 37.9 Å². The van der Waals surface area contributed by atoms with Crippen LogP contribution in [0.3, 0.4) is 0 Å². The third kappa shape index (κ3) is 5.37. The van der Waals surface area contributed by atoms with Crippen LogP contribution in [0.25, 0.3) is 0 Å². The molecule has 0 spiro atoms. The summed E-state index contributed by atoms with van der Waals surface area (Å²) in [5.74, 6) is 0. The molecule has 4 nitrogen and oxygen atoms in total. The second-order valence-electron chi connectivity index (χ2n) is 6.30. The largest absolute Gasteiger partial charge is 0.406 e. The zero-order valence-electron chi connectivity index (χ0n) is 15.0. The first-order valence-electron chi connectivity index (χ1n) is 8.07. The van der Waals surface area contributed by atoms with E-state index in [0.717, 1.165) is 5.56 Å². The van der Waals surface area contributed by atoms with Crippen molar-refractivity contribution in [3.63, 3.8) is 0 Å². The maximum Gasteiger partial charge on any atom is 0.406 e. The van der Waals surface area contributed by atoms with Crippen LogP contribution >= 0.6 is 11.6 Å².